The van der Waals surface area contributed by atoms with Gasteiger partial charge in [0.25, 0.3) is 0 Å². The highest BCUT2D eigenvalue weighted by molar-refractivity contribution is 7.14. The Bertz CT molecular complexity index is 828. The average Bonchev–Trinajstić information content (AvgIpc) is 3.36. The fourth-order valence-corrected chi connectivity index (χ4v) is 3.80. The van der Waals surface area contributed by atoms with E-state index >= 15 is 0 Å². The molecule has 0 aliphatic heterocycles. The zero-order chi connectivity index (χ0) is 18.9. The molecule has 0 saturated carbocycles. The van der Waals surface area contributed by atoms with Gasteiger partial charge < -0.3 is 14.2 Å². The maximum atomic E-state index is 11.9. The Labute approximate surface area is 166 Å². The molecule has 0 N–H and O–H groups in total. The third-order valence-electron chi connectivity index (χ3n) is 3.56. The Morgan fingerprint density at radius 3 is 2.41 bits per heavy atom. The molecule has 2 heterocycles. The fourth-order valence-electron chi connectivity index (χ4n) is 2.27. The number of thiophene rings is 1. The second kappa shape index (κ2) is 10.1. The van der Waals surface area contributed by atoms with Crippen LogP contribution >= 0.6 is 22.7 Å². The molecule has 3 rings (SSSR count). The molecule has 7 heteroatoms. The van der Waals surface area contributed by atoms with Crippen LogP contribution in [0.1, 0.15) is 19.0 Å². The number of hydrogen-bond acceptors (Lipinski definition) is 7. The monoisotopic (exact) mass is 403 g/mol. The predicted octanol–water partition coefficient (Wildman–Crippen LogP) is 4.83. The molecule has 0 saturated heterocycles. The summed E-state index contributed by atoms with van der Waals surface area (Å²) < 4.78 is 16.3. The van der Waals surface area contributed by atoms with E-state index in [4.69, 9.17) is 14.2 Å². The maximum Gasteiger partial charge on any atom is 0.312 e. The number of benzene rings is 1. The zero-order valence-electron chi connectivity index (χ0n) is 15.1. The van der Waals surface area contributed by atoms with E-state index in [1.807, 2.05) is 46.5 Å². The van der Waals surface area contributed by atoms with Crippen LogP contribution in [-0.2, 0) is 16.0 Å². The molecule has 0 unspecified atom stereocenters. The number of hydrogen-bond donors (Lipinski definition) is 0. The van der Waals surface area contributed by atoms with E-state index in [0.29, 0.717) is 13.2 Å². The number of esters is 1. The Morgan fingerprint density at radius 2 is 1.74 bits per heavy atom. The Hall–Kier alpha value is -2.38. The summed E-state index contributed by atoms with van der Waals surface area (Å²) in [7, 11) is 0. The van der Waals surface area contributed by atoms with Gasteiger partial charge in [-0.05, 0) is 42.1 Å². The Kier molecular flexibility index (Phi) is 7.24. The van der Waals surface area contributed by atoms with E-state index in [0.717, 1.165) is 34.2 Å². The van der Waals surface area contributed by atoms with Gasteiger partial charge in [0.15, 0.2) is 0 Å². The van der Waals surface area contributed by atoms with Gasteiger partial charge in [0.1, 0.15) is 29.7 Å². The lowest BCUT2D eigenvalue weighted by Crippen LogP contribution is -2.14. The minimum absolute atomic E-state index is 0.171. The molecular weight excluding hydrogens is 382 g/mol. The number of rotatable bonds is 10. The highest BCUT2D eigenvalue weighted by Crippen LogP contribution is 2.25. The molecule has 1 aromatic carbocycles. The van der Waals surface area contributed by atoms with Crippen LogP contribution in [0.2, 0.25) is 0 Å². The van der Waals surface area contributed by atoms with Gasteiger partial charge >= 0.3 is 5.97 Å². The third-order valence-corrected chi connectivity index (χ3v) is 5.18. The number of nitrogens with zero attached hydrogens (tertiary/aromatic N) is 1. The SMILES string of the molecule is CCCOc1ccc(OCCOC(=O)Cc2csc(-c3ccsc3)n2)cc1. The molecule has 0 atom stereocenters. The molecule has 0 bridgehead atoms. The van der Waals surface area contributed by atoms with Gasteiger partial charge in [0.05, 0.1) is 18.7 Å². The number of carbonyl (C=O) groups excluding carboxylic acids is 1. The average molecular weight is 404 g/mol. The van der Waals surface area contributed by atoms with Crippen molar-refractivity contribution >= 4 is 28.6 Å². The van der Waals surface area contributed by atoms with Gasteiger partial charge in [0, 0.05) is 16.3 Å². The molecule has 0 aliphatic rings. The van der Waals surface area contributed by atoms with Crippen LogP contribution in [0.4, 0.5) is 0 Å². The van der Waals surface area contributed by atoms with Gasteiger partial charge in [0.2, 0.25) is 0 Å². The predicted molar refractivity (Wildman–Crippen MR) is 108 cm³/mol. The topological polar surface area (TPSA) is 57.7 Å². The van der Waals surface area contributed by atoms with E-state index in [1.165, 1.54) is 11.3 Å². The highest BCUT2D eigenvalue weighted by Gasteiger charge is 2.10. The van der Waals surface area contributed by atoms with Crippen LogP contribution in [0, 0.1) is 0 Å². The number of ether oxygens (including phenoxy) is 3. The van der Waals surface area contributed by atoms with Gasteiger partial charge in [-0.15, -0.1) is 11.3 Å². The smallest absolute Gasteiger partial charge is 0.312 e. The minimum Gasteiger partial charge on any atom is -0.494 e. The van der Waals surface area contributed by atoms with E-state index in [-0.39, 0.29) is 19.0 Å². The molecule has 0 fully saturated rings. The first-order valence-corrected chi connectivity index (χ1v) is 10.5. The van der Waals surface area contributed by atoms with E-state index in [1.54, 1.807) is 11.3 Å². The van der Waals surface area contributed by atoms with Crippen molar-refractivity contribution in [2.24, 2.45) is 0 Å². The van der Waals surface area contributed by atoms with Gasteiger partial charge in [-0.25, -0.2) is 4.98 Å². The van der Waals surface area contributed by atoms with Gasteiger partial charge in [-0.3, -0.25) is 4.79 Å². The van der Waals surface area contributed by atoms with Crippen molar-refractivity contribution in [1.29, 1.82) is 0 Å². The van der Waals surface area contributed by atoms with Crippen LogP contribution in [-0.4, -0.2) is 30.8 Å². The van der Waals surface area contributed by atoms with Crippen molar-refractivity contribution in [2.45, 2.75) is 19.8 Å². The van der Waals surface area contributed by atoms with Crippen molar-refractivity contribution < 1.29 is 19.0 Å². The molecule has 27 heavy (non-hydrogen) atoms. The van der Waals surface area contributed by atoms with E-state index < -0.39 is 0 Å². The molecule has 0 radical (unpaired) electrons. The van der Waals surface area contributed by atoms with Crippen LogP contribution in [0.25, 0.3) is 10.6 Å². The van der Waals surface area contributed by atoms with Crippen molar-refractivity contribution in [3.63, 3.8) is 0 Å². The summed E-state index contributed by atoms with van der Waals surface area (Å²) in [4.78, 5) is 16.4. The summed E-state index contributed by atoms with van der Waals surface area (Å²) >= 11 is 3.16. The van der Waals surface area contributed by atoms with Gasteiger partial charge in [-0.2, -0.15) is 11.3 Å². The molecule has 0 aliphatic carbocycles. The largest absolute Gasteiger partial charge is 0.494 e. The molecule has 5 nitrogen and oxygen atoms in total. The number of carbonyl (C=O) groups is 1. The van der Waals surface area contributed by atoms with Crippen molar-refractivity contribution in [3.8, 4) is 22.1 Å². The summed E-state index contributed by atoms with van der Waals surface area (Å²) in [5.41, 5.74) is 1.82. The number of thiazole rings is 1. The molecule has 3 aromatic rings. The molecule has 0 amide bonds. The van der Waals surface area contributed by atoms with Crippen molar-refractivity contribution in [2.75, 3.05) is 19.8 Å². The lowest BCUT2D eigenvalue weighted by molar-refractivity contribution is -0.143. The van der Waals surface area contributed by atoms with Crippen LogP contribution < -0.4 is 9.47 Å². The zero-order valence-corrected chi connectivity index (χ0v) is 16.7. The van der Waals surface area contributed by atoms with Crippen LogP contribution in [0.5, 0.6) is 11.5 Å². The first kappa shape index (κ1) is 19.4. The lowest BCUT2D eigenvalue weighted by Gasteiger charge is -2.08. The molecular formula is C20H21NO4S2. The summed E-state index contributed by atoms with van der Waals surface area (Å²) in [6, 6.07) is 9.43. The number of aromatic nitrogens is 1. The molecule has 0 spiro atoms. The fraction of sp³-hybridized carbons (Fsp3) is 0.300. The van der Waals surface area contributed by atoms with Crippen LogP contribution in [0.3, 0.4) is 0 Å². The molecule has 2 aromatic heterocycles. The summed E-state index contributed by atoms with van der Waals surface area (Å²) in [5, 5.41) is 6.87. The molecule has 142 valence electrons. The van der Waals surface area contributed by atoms with E-state index in [9.17, 15) is 4.79 Å². The lowest BCUT2D eigenvalue weighted by atomic mass is 10.3. The van der Waals surface area contributed by atoms with Crippen molar-refractivity contribution in [1.82, 2.24) is 4.98 Å². The van der Waals surface area contributed by atoms with Crippen molar-refractivity contribution in [3.05, 3.63) is 52.2 Å². The van der Waals surface area contributed by atoms with Gasteiger partial charge in [-0.1, -0.05) is 6.92 Å². The minimum atomic E-state index is -0.302. The van der Waals surface area contributed by atoms with Crippen LogP contribution in [0.15, 0.2) is 46.5 Å². The standard InChI is InChI=1S/C20H21NO4S2/c1-2-8-23-17-3-5-18(6-4-17)24-9-10-25-19(22)12-16-14-27-20(21-16)15-7-11-26-13-15/h3-7,11,13-14H,2,8-10,12H2,1H3. The third kappa shape index (κ3) is 6.08. The second-order valence-electron chi connectivity index (χ2n) is 5.72. The Morgan fingerprint density at radius 1 is 1.00 bits per heavy atom. The summed E-state index contributed by atoms with van der Waals surface area (Å²) in [6.45, 7) is 3.27. The Balaban J connectivity index is 1.36. The maximum absolute atomic E-state index is 11.9. The normalized spacial score (nSPS) is 10.6. The summed E-state index contributed by atoms with van der Waals surface area (Å²) in [5.74, 6) is 1.24. The quantitative estimate of drug-likeness (QED) is 0.359. The summed E-state index contributed by atoms with van der Waals surface area (Å²) in [6.07, 6.45) is 1.14. The van der Waals surface area contributed by atoms with E-state index in [2.05, 4.69) is 11.9 Å². The second-order valence-corrected chi connectivity index (χ2v) is 7.36. The highest BCUT2D eigenvalue weighted by atomic mass is 32.1. The first-order chi connectivity index (χ1) is 13.2. The first-order valence-electron chi connectivity index (χ1n) is 8.73.